The summed E-state index contributed by atoms with van der Waals surface area (Å²) in [6.45, 7) is 5.86. The molecule has 0 aromatic carbocycles. The zero-order valence-electron chi connectivity index (χ0n) is 14.7. The SMILES string of the molecule is Cc1ccn(CC(=O)NC(C)(C)c2noc(CN(C)C)n2)c(=O)c1. The Bertz CT molecular complexity index is 776. The van der Waals surface area contributed by atoms with E-state index in [1.54, 1.807) is 26.1 Å². The summed E-state index contributed by atoms with van der Waals surface area (Å²) in [6.07, 6.45) is 1.60. The van der Waals surface area contributed by atoms with Crippen LogP contribution >= 0.6 is 0 Å². The highest BCUT2D eigenvalue weighted by atomic mass is 16.5. The molecule has 0 saturated carbocycles. The van der Waals surface area contributed by atoms with E-state index >= 15 is 0 Å². The summed E-state index contributed by atoms with van der Waals surface area (Å²) in [5, 5.41) is 6.77. The third-order valence-corrected chi connectivity index (χ3v) is 3.40. The number of carbonyl (C=O) groups excluding carboxylic acids is 1. The molecule has 1 N–H and O–H groups in total. The van der Waals surface area contributed by atoms with E-state index in [-0.39, 0.29) is 18.0 Å². The first-order chi connectivity index (χ1) is 11.2. The van der Waals surface area contributed by atoms with E-state index in [9.17, 15) is 9.59 Å². The fourth-order valence-electron chi connectivity index (χ4n) is 2.18. The van der Waals surface area contributed by atoms with Crippen molar-refractivity contribution in [3.63, 3.8) is 0 Å². The van der Waals surface area contributed by atoms with E-state index in [0.29, 0.717) is 18.3 Å². The number of hydrogen-bond acceptors (Lipinski definition) is 6. The van der Waals surface area contributed by atoms with Crippen molar-refractivity contribution in [1.29, 1.82) is 0 Å². The van der Waals surface area contributed by atoms with Gasteiger partial charge in [0.1, 0.15) is 6.54 Å². The Morgan fingerprint density at radius 1 is 1.42 bits per heavy atom. The summed E-state index contributed by atoms with van der Waals surface area (Å²) in [6, 6.07) is 3.28. The molecule has 0 aliphatic heterocycles. The number of pyridine rings is 1. The van der Waals surface area contributed by atoms with E-state index in [2.05, 4.69) is 15.5 Å². The van der Waals surface area contributed by atoms with Gasteiger partial charge in [-0.2, -0.15) is 4.98 Å². The maximum absolute atomic E-state index is 12.3. The van der Waals surface area contributed by atoms with Crippen LogP contribution in [0, 0.1) is 6.92 Å². The van der Waals surface area contributed by atoms with Crippen LogP contribution < -0.4 is 10.9 Å². The van der Waals surface area contributed by atoms with E-state index in [0.717, 1.165) is 5.56 Å². The van der Waals surface area contributed by atoms with E-state index in [4.69, 9.17) is 4.52 Å². The lowest BCUT2D eigenvalue weighted by atomic mass is 10.1. The standard InChI is InChI=1S/C16H23N5O3/c1-11-6-7-21(14(23)8-11)9-12(22)18-16(2,3)15-17-13(24-19-15)10-20(4)5/h6-8H,9-10H2,1-5H3,(H,18,22). The molecule has 0 bridgehead atoms. The zero-order valence-corrected chi connectivity index (χ0v) is 14.7. The molecule has 24 heavy (non-hydrogen) atoms. The van der Waals surface area contributed by atoms with Gasteiger partial charge >= 0.3 is 0 Å². The Hall–Kier alpha value is -2.48. The summed E-state index contributed by atoms with van der Waals surface area (Å²) in [5.41, 5.74) is -0.160. The van der Waals surface area contributed by atoms with Crippen molar-refractivity contribution in [2.45, 2.75) is 39.4 Å². The van der Waals surface area contributed by atoms with E-state index < -0.39 is 5.54 Å². The molecule has 0 radical (unpaired) electrons. The van der Waals surface area contributed by atoms with Gasteiger partial charge in [-0.1, -0.05) is 5.16 Å². The second-order valence-corrected chi connectivity index (χ2v) is 6.59. The maximum Gasteiger partial charge on any atom is 0.251 e. The Balaban J connectivity index is 2.06. The lowest BCUT2D eigenvalue weighted by molar-refractivity contribution is -0.123. The van der Waals surface area contributed by atoms with Crippen LogP contribution in [0.15, 0.2) is 27.6 Å². The predicted octanol–water partition coefficient (Wildman–Crippen LogP) is 0.653. The number of aryl methyl sites for hydroxylation is 1. The molecule has 2 rings (SSSR count). The Morgan fingerprint density at radius 2 is 2.12 bits per heavy atom. The molecule has 2 aromatic rings. The van der Waals surface area contributed by atoms with Crippen molar-refractivity contribution in [3.8, 4) is 0 Å². The van der Waals surface area contributed by atoms with Crippen molar-refractivity contribution in [2.75, 3.05) is 14.1 Å². The van der Waals surface area contributed by atoms with Gasteiger partial charge in [0.25, 0.3) is 5.56 Å². The average molecular weight is 333 g/mol. The minimum Gasteiger partial charge on any atom is -0.342 e. The molecule has 0 spiro atoms. The van der Waals surface area contributed by atoms with Crippen LogP contribution in [0.2, 0.25) is 0 Å². The smallest absolute Gasteiger partial charge is 0.251 e. The topological polar surface area (TPSA) is 93.3 Å². The zero-order chi connectivity index (χ0) is 17.9. The number of rotatable bonds is 6. The van der Waals surface area contributed by atoms with Crippen molar-refractivity contribution in [2.24, 2.45) is 0 Å². The number of amides is 1. The lowest BCUT2D eigenvalue weighted by Gasteiger charge is -2.22. The molecule has 2 aromatic heterocycles. The van der Waals surface area contributed by atoms with Gasteiger partial charge in [0, 0.05) is 12.3 Å². The summed E-state index contributed by atoms with van der Waals surface area (Å²) >= 11 is 0. The van der Waals surface area contributed by atoms with Crippen LogP contribution in [-0.2, 0) is 23.4 Å². The van der Waals surface area contributed by atoms with Gasteiger partial charge in [-0.3, -0.25) is 9.59 Å². The highest BCUT2D eigenvalue weighted by Gasteiger charge is 2.28. The molecule has 0 aliphatic carbocycles. The molecule has 1 amide bonds. The minimum atomic E-state index is -0.806. The largest absolute Gasteiger partial charge is 0.342 e. The van der Waals surface area contributed by atoms with Crippen molar-refractivity contribution in [3.05, 3.63) is 46.0 Å². The Labute approximate surface area is 140 Å². The van der Waals surface area contributed by atoms with Gasteiger partial charge < -0.3 is 19.3 Å². The molecule has 0 atom stereocenters. The van der Waals surface area contributed by atoms with Crippen LogP contribution in [0.1, 0.15) is 31.1 Å². The first kappa shape index (κ1) is 17.9. The Kier molecular flexibility index (Phi) is 5.18. The van der Waals surface area contributed by atoms with Gasteiger partial charge in [-0.15, -0.1) is 0 Å². The second-order valence-electron chi connectivity index (χ2n) is 6.59. The van der Waals surface area contributed by atoms with Gasteiger partial charge in [0.05, 0.1) is 12.1 Å². The lowest BCUT2D eigenvalue weighted by Crippen LogP contribution is -2.44. The molecule has 8 nitrogen and oxygen atoms in total. The maximum atomic E-state index is 12.3. The fourth-order valence-corrected chi connectivity index (χ4v) is 2.18. The number of nitrogens with one attached hydrogen (secondary N) is 1. The molecular formula is C16H23N5O3. The summed E-state index contributed by atoms with van der Waals surface area (Å²) in [5.74, 6) is 0.570. The first-order valence-electron chi connectivity index (χ1n) is 7.63. The number of carbonyl (C=O) groups is 1. The van der Waals surface area contributed by atoms with Crippen LogP contribution in [0.25, 0.3) is 0 Å². The van der Waals surface area contributed by atoms with Crippen molar-refractivity contribution >= 4 is 5.91 Å². The Morgan fingerprint density at radius 3 is 2.75 bits per heavy atom. The average Bonchev–Trinajstić information content (AvgIpc) is 2.90. The van der Waals surface area contributed by atoms with Crippen LogP contribution in [-0.4, -0.2) is 39.6 Å². The first-order valence-corrected chi connectivity index (χ1v) is 7.63. The second kappa shape index (κ2) is 6.96. The minimum absolute atomic E-state index is 0.0645. The molecule has 0 saturated heterocycles. The van der Waals surface area contributed by atoms with Crippen LogP contribution in [0.5, 0.6) is 0 Å². The molecule has 8 heteroatoms. The quantitative estimate of drug-likeness (QED) is 0.834. The normalized spacial score (nSPS) is 11.8. The monoisotopic (exact) mass is 333 g/mol. The van der Waals surface area contributed by atoms with E-state index in [1.165, 1.54) is 10.6 Å². The van der Waals surface area contributed by atoms with Crippen molar-refractivity contribution < 1.29 is 9.32 Å². The number of aromatic nitrogens is 3. The molecule has 0 unspecified atom stereocenters. The van der Waals surface area contributed by atoms with Crippen LogP contribution in [0.4, 0.5) is 0 Å². The predicted molar refractivity (Wildman–Crippen MR) is 88.3 cm³/mol. The summed E-state index contributed by atoms with van der Waals surface area (Å²) in [7, 11) is 3.80. The highest BCUT2D eigenvalue weighted by molar-refractivity contribution is 5.76. The molecular weight excluding hydrogens is 310 g/mol. The highest BCUT2D eigenvalue weighted by Crippen LogP contribution is 2.17. The third kappa shape index (κ3) is 4.51. The summed E-state index contributed by atoms with van der Waals surface area (Å²) < 4.78 is 6.54. The fraction of sp³-hybridized carbons (Fsp3) is 0.500. The van der Waals surface area contributed by atoms with Gasteiger partial charge in [0.2, 0.25) is 11.8 Å². The van der Waals surface area contributed by atoms with E-state index in [1.807, 2.05) is 25.9 Å². The number of nitrogens with zero attached hydrogens (tertiary/aromatic N) is 4. The van der Waals surface area contributed by atoms with Gasteiger partial charge in [-0.25, -0.2) is 0 Å². The van der Waals surface area contributed by atoms with Crippen LogP contribution in [0.3, 0.4) is 0 Å². The third-order valence-electron chi connectivity index (χ3n) is 3.40. The number of hydrogen-bond donors (Lipinski definition) is 1. The molecule has 130 valence electrons. The summed E-state index contributed by atoms with van der Waals surface area (Å²) in [4.78, 5) is 30.3. The molecule has 0 fully saturated rings. The van der Waals surface area contributed by atoms with Gasteiger partial charge in [-0.05, 0) is 46.5 Å². The van der Waals surface area contributed by atoms with Gasteiger partial charge in [0.15, 0.2) is 5.82 Å². The molecule has 2 heterocycles. The van der Waals surface area contributed by atoms with Crippen molar-refractivity contribution in [1.82, 2.24) is 24.9 Å². The molecule has 0 aliphatic rings.